The van der Waals surface area contributed by atoms with Crippen LogP contribution in [0.25, 0.3) is 21.5 Å². The minimum absolute atomic E-state index is 0.762. The first kappa shape index (κ1) is 18.1. The minimum atomic E-state index is 0.762. The maximum absolute atomic E-state index is 5.35. The van der Waals surface area contributed by atoms with Crippen LogP contribution in [-0.2, 0) is 19.4 Å². The van der Waals surface area contributed by atoms with E-state index in [1.807, 2.05) is 18.2 Å². The molecule has 5 rings (SSSR count). The first-order chi connectivity index (χ1) is 14.3. The summed E-state index contributed by atoms with van der Waals surface area (Å²) in [6.45, 7) is 0.762. The summed E-state index contributed by atoms with van der Waals surface area (Å²) in [6, 6.07) is 18.8. The van der Waals surface area contributed by atoms with Crippen molar-refractivity contribution in [3.8, 4) is 16.9 Å². The van der Waals surface area contributed by atoms with Gasteiger partial charge in [-0.2, -0.15) is 0 Å². The van der Waals surface area contributed by atoms with E-state index >= 15 is 0 Å². The Morgan fingerprint density at radius 1 is 0.966 bits per heavy atom. The molecule has 0 atom stereocenters. The van der Waals surface area contributed by atoms with E-state index in [-0.39, 0.29) is 0 Å². The molecule has 4 aromatic rings. The number of anilines is 1. The molecule has 0 spiro atoms. The van der Waals surface area contributed by atoms with Gasteiger partial charge in [0.05, 0.1) is 11.8 Å². The van der Waals surface area contributed by atoms with Gasteiger partial charge in [0.25, 0.3) is 0 Å². The van der Waals surface area contributed by atoms with Crippen LogP contribution in [-0.4, -0.2) is 17.1 Å². The number of nitrogens with one attached hydrogen (secondary N) is 1. The standard InChI is InChI=1S/C24H23N3OS/c1-28-18-13-11-17(12-14-18)21-19-9-5-6-10-20(19)26-23-22(21)29-24(27-23)25-15-16-7-3-2-4-8-16/h2-4,7-8,11-14H,5-6,9-10,15H2,1H3,(H,25,26,27). The highest BCUT2D eigenvalue weighted by molar-refractivity contribution is 7.22. The molecule has 2 aromatic carbocycles. The maximum Gasteiger partial charge on any atom is 0.185 e. The predicted octanol–water partition coefficient (Wildman–Crippen LogP) is 5.86. The smallest absolute Gasteiger partial charge is 0.185 e. The molecule has 0 fully saturated rings. The van der Waals surface area contributed by atoms with Crippen LogP contribution in [0.5, 0.6) is 5.75 Å². The number of benzene rings is 2. The number of thiazole rings is 1. The number of hydrogen-bond donors (Lipinski definition) is 1. The molecule has 5 heteroatoms. The van der Waals surface area contributed by atoms with Crippen molar-refractivity contribution in [3.63, 3.8) is 0 Å². The van der Waals surface area contributed by atoms with Crippen LogP contribution >= 0.6 is 11.3 Å². The molecule has 1 N–H and O–H groups in total. The summed E-state index contributed by atoms with van der Waals surface area (Å²) in [4.78, 5) is 9.77. The molecule has 29 heavy (non-hydrogen) atoms. The van der Waals surface area contributed by atoms with Gasteiger partial charge in [-0.1, -0.05) is 53.8 Å². The Morgan fingerprint density at radius 3 is 2.55 bits per heavy atom. The zero-order valence-electron chi connectivity index (χ0n) is 16.4. The number of nitrogens with zero attached hydrogens (tertiary/aromatic N) is 2. The average molecular weight is 402 g/mol. The van der Waals surface area contributed by atoms with Gasteiger partial charge in [-0.3, -0.25) is 0 Å². The minimum Gasteiger partial charge on any atom is -0.497 e. The number of aromatic nitrogens is 2. The Bertz CT molecular complexity index is 1140. The second kappa shape index (κ2) is 7.84. The number of fused-ring (bicyclic) bond motifs is 2. The third-order valence-corrected chi connectivity index (χ3v) is 6.50. The van der Waals surface area contributed by atoms with E-state index in [0.29, 0.717) is 0 Å². The largest absolute Gasteiger partial charge is 0.497 e. The van der Waals surface area contributed by atoms with E-state index in [9.17, 15) is 0 Å². The number of hydrogen-bond acceptors (Lipinski definition) is 5. The number of methoxy groups -OCH3 is 1. The Kier molecular flexibility index (Phi) is 4.90. The van der Waals surface area contributed by atoms with E-state index in [1.54, 1.807) is 18.4 Å². The van der Waals surface area contributed by atoms with Crippen LogP contribution in [0.4, 0.5) is 5.13 Å². The van der Waals surface area contributed by atoms with Crippen LogP contribution in [0.3, 0.4) is 0 Å². The lowest BCUT2D eigenvalue weighted by Crippen LogP contribution is -2.07. The van der Waals surface area contributed by atoms with Crippen LogP contribution in [0.15, 0.2) is 54.6 Å². The SMILES string of the molecule is COc1ccc(-c2c3c(nc4nc(NCc5ccccc5)sc24)CCCC3)cc1. The third kappa shape index (κ3) is 3.58. The molecule has 4 nitrogen and oxygen atoms in total. The second-order valence-electron chi connectivity index (χ2n) is 7.36. The molecule has 0 saturated heterocycles. The van der Waals surface area contributed by atoms with Gasteiger partial charge in [0.15, 0.2) is 10.8 Å². The van der Waals surface area contributed by atoms with Crippen molar-refractivity contribution in [2.24, 2.45) is 0 Å². The van der Waals surface area contributed by atoms with E-state index in [0.717, 1.165) is 35.9 Å². The zero-order chi connectivity index (χ0) is 19.6. The van der Waals surface area contributed by atoms with Crippen LogP contribution in [0, 0.1) is 0 Å². The first-order valence-corrected chi connectivity index (χ1v) is 10.9. The van der Waals surface area contributed by atoms with E-state index in [4.69, 9.17) is 14.7 Å². The van der Waals surface area contributed by atoms with Gasteiger partial charge in [0.1, 0.15) is 5.75 Å². The molecule has 146 valence electrons. The highest BCUT2D eigenvalue weighted by Crippen LogP contribution is 2.40. The molecule has 0 saturated carbocycles. The monoisotopic (exact) mass is 401 g/mol. The Labute approximate surface area is 174 Å². The van der Waals surface area contributed by atoms with E-state index in [1.165, 1.54) is 45.5 Å². The van der Waals surface area contributed by atoms with E-state index < -0.39 is 0 Å². The van der Waals surface area contributed by atoms with Gasteiger partial charge in [-0.05, 0) is 54.5 Å². The van der Waals surface area contributed by atoms with Gasteiger partial charge in [0.2, 0.25) is 0 Å². The molecule has 0 aliphatic heterocycles. The lowest BCUT2D eigenvalue weighted by atomic mass is 9.89. The summed E-state index contributed by atoms with van der Waals surface area (Å²) in [5.41, 5.74) is 7.24. The summed E-state index contributed by atoms with van der Waals surface area (Å²) in [5, 5.41) is 4.41. The zero-order valence-corrected chi connectivity index (χ0v) is 17.3. The van der Waals surface area contributed by atoms with Crippen LogP contribution < -0.4 is 10.1 Å². The number of rotatable bonds is 5. The fourth-order valence-corrected chi connectivity index (χ4v) is 5.01. The Hall–Kier alpha value is -2.92. The molecule has 1 aliphatic carbocycles. The molecule has 1 aliphatic rings. The Balaban J connectivity index is 1.58. The number of aryl methyl sites for hydroxylation is 1. The van der Waals surface area contributed by atoms with Gasteiger partial charge < -0.3 is 10.1 Å². The molecular weight excluding hydrogens is 378 g/mol. The molecule has 0 bridgehead atoms. The number of pyridine rings is 1. The van der Waals surface area contributed by atoms with Crippen LogP contribution in [0.1, 0.15) is 29.7 Å². The van der Waals surface area contributed by atoms with Gasteiger partial charge in [-0.15, -0.1) is 0 Å². The van der Waals surface area contributed by atoms with Crippen molar-refractivity contribution < 1.29 is 4.74 Å². The lowest BCUT2D eigenvalue weighted by Gasteiger charge is -2.19. The summed E-state index contributed by atoms with van der Waals surface area (Å²) in [5.74, 6) is 0.877. The fourth-order valence-electron chi connectivity index (χ4n) is 4.01. The quantitative estimate of drug-likeness (QED) is 0.455. The van der Waals surface area contributed by atoms with Crippen molar-refractivity contribution in [3.05, 3.63) is 71.4 Å². The van der Waals surface area contributed by atoms with Gasteiger partial charge in [-0.25, -0.2) is 9.97 Å². The molecule has 0 radical (unpaired) electrons. The highest BCUT2D eigenvalue weighted by Gasteiger charge is 2.22. The van der Waals surface area contributed by atoms with Crippen molar-refractivity contribution in [1.29, 1.82) is 0 Å². The second-order valence-corrected chi connectivity index (χ2v) is 8.36. The first-order valence-electron chi connectivity index (χ1n) is 10.1. The Morgan fingerprint density at radius 2 is 1.76 bits per heavy atom. The van der Waals surface area contributed by atoms with Crippen molar-refractivity contribution in [2.45, 2.75) is 32.2 Å². The predicted molar refractivity (Wildman–Crippen MR) is 120 cm³/mol. The van der Waals surface area contributed by atoms with E-state index in [2.05, 4.69) is 41.7 Å². The van der Waals surface area contributed by atoms with Gasteiger partial charge >= 0.3 is 0 Å². The van der Waals surface area contributed by atoms with Crippen molar-refractivity contribution in [1.82, 2.24) is 9.97 Å². The average Bonchev–Trinajstić information content (AvgIpc) is 3.19. The molecular formula is C24H23N3OS. The normalized spacial score (nSPS) is 13.3. The van der Waals surface area contributed by atoms with Gasteiger partial charge in [0, 0.05) is 17.8 Å². The van der Waals surface area contributed by atoms with Crippen molar-refractivity contribution in [2.75, 3.05) is 12.4 Å². The summed E-state index contributed by atoms with van der Waals surface area (Å²) in [7, 11) is 1.70. The molecule has 0 unspecified atom stereocenters. The highest BCUT2D eigenvalue weighted by atomic mass is 32.1. The maximum atomic E-state index is 5.35. The molecule has 2 heterocycles. The van der Waals surface area contributed by atoms with Crippen molar-refractivity contribution >= 4 is 26.8 Å². The summed E-state index contributed by atoms with van der Waals surface area (Å²) in [6.07, 6.45) is 4.56. The van der Waals surface area contributed by atoms with Crippen LogP contribution in [0.2, 0.25) is 0 Å². The fraction of sp³-hybridized carbons (Fsp3) is 0.250. The summed E-state index contributed by atoms with van der Waals surface area (Å²) < 4.78 is 6.52. The lowest BCUT2D eigenvalue weighted by molar-refractivity contribution is 0.415. The third-order valence-electron chi connectivity index (χ3n) is 5.48. The molecule has 0 amide bonds. The number of ether oxygens (including phenoxy) is 1. The topological polar surface area (TPSA) is 47.0 Å². The summed E-state index contributed by atoms with van der Waals surface area (Å²) >= 11 is 1.70. The molecule has 2 aromatic heterocycles.